The van der Waals surface area contributed by atoms with Crippen LogP contribution in [0.4, 0.5) is 0 Å². The van der Waals surface area contributed by atoms with Gasteiger partial charge < -0.3 is 19.6 Å². The van der Waals surface area contributed by atoms with Crippen LogP contribution >= 0.6 is 0 Å². The second-order valence-corrected chi connectivity index (χ2v) is 5.57. The molecule has 0 fully saturated rings. The first-order valence-corrected chi connectivity index (χ1v) is 8.38. The summed E-state index contributed by atoms with van der Waals surface area (Å²) in [6.07, 6.45) is 2.58. The van der Waals surface area contributed by atoms with Crippen LogP contribution in [0.1, 0.15) is 23.6 Å². The first kappa shape index (κ1) is 19.3. The molecule has 0 atom stereocenters. The molecule has 1 amide bonds. The van der Waals surface area contributed by atoms with E-state index in [-0.39, 0.29) is 12.5 Å². The third kappa shape index (κ3) is 5.81. The number of carbonyl (C=O) groups is 1. The Labute approximate surface area is 153 Å². The number of aryl methyl sites for hydroxylation is 1. The van der Waals surface area contributed by atoms with Crippen molar-refractivity contribution in [2.45, 2.75) is 19.9 Å². The lowest BCUT2D eigenvalue weighted by molar-refractivity contribution is -0.125. The Morgan fingerprint density at radius 3 is 2.38 bits per heavy atom. The van der Waals surface area contributed by atoms with Gasteiger partial charge in [0.15, 0.2) is 18.1 Å². The maximum atomic E-state index is 11.8. The highest BCUT2D eigenvalue weighted by atomic mass is 16.6. The summed E-state index contributed by atoms with van der Waals surface area (Å²) >= 11 is 0. The van der Waals surface area contributed by atoms with Gasteiger partial charge in [-0.2, -0.15) is 0 Å². The Morgan fingerprint density at radius 1 is 1.04 bits per heavy atom. The topological polar surface area (TPSA) is 69.2 Å². The molecule has 0 spiro atoms. The largest absolute Gasteiger partial charge is 0.493 e. The van der Waals surface area contributed by atoms with Crippen LogP contribution in [-0.4, -0.2) is 32.9 Å². The van der Waals surface area contributed by atoms with Crippen LogP contribution in [0.15, 0.2) is 47.6 Å². The van der Waals surface area contributed by atoms with E-state index in [0.717, 1.165) is 17.5 Å². The fourth-order valence-electron chi connectivity index (χ4n) is 2.28. The average Bonchev–Trinajstić information content (AvgIpc) is 2.69. The predicted octanol–water partition coefficient (Wildman–Crippen LogP) is 2.93. The zero-order valence-corrected chi connectivity index (χ0v) is 15.3. The molecule has 0 unspecified atom stereocenters. The van der Waals surface area contributed by atoms with Crippen molar-refractivity contribution in [2.24, 2.45) is 5.16 Å². The molecule has 0 aliphatic carbocycles. The molecule has 0 aliphatic heterocycles. The Bertz CT molecular complexity index is 742. The number of amides is 1. The third-order valence-electron chi connectivity index (χ3n) is 3.80. The summed E-state index contributed by atoms with van der Waals surface area (Å²) in [6, 6.07) is 13.5. The van der Waals surface area contributed by atoms with Gasteiger partial charge in [-0.05, 0) is 35.2 Å². The Hall–Kier alpha value is -3.02. The highest BCUT2D eigenvalue weighted by Crippen LogP contribution is 2.27. The normalized spacial score (nSPS) is 10.6. The van der Waals surface area contributed by atoms with E-state index in [9.17, 15) is 4.79 Å². The first-order chi connectivity index (χ1) is 12.7. The molecule has 0 radical (unpaired) electrons. The van der Waals surface area contributed by atoms with Crippen molar-refractivity contribution in [3.8, 4) is 11.5 Å². The van der Waals surface area contributed by atoms with Gasteiger partial charge in [0.05, 0.1) is 20.4 Å². The molecule has 6 nitrogen and oxygen atoms in total. The van der Waals surface area contributed by atoms with E-state index < -0.39 is 0 Å². The monoisotopic (exact) mass is 356 g/mol. The molecule has 2 aromatic carbocycles. The summed E-state index contributed by atoms with van der Waals surface area (Å²) in [4.78, 5) is 16.9. The number of nitrogens with one attached hydrogen (secondary N) is 1. The smallest absolute Gasteiger partial charge is 0.261 e. The summed E-state index contributed by atoms with van der Waals surface area (Å²) in [5.41, 5.74) is 3.08. The number of methoxy groups -OCH3 is 2. The van der Waals surface area contributed by atoms with Crippen molar-refractivity contribution in [1.82, 2.24) is 5.32 Å². The van der Waals surface area contributed by atoms with Crippen LogP contribution in [-0.2, 0) is 22.6 Å². The fraction of sp³-hybridized carbons (Fsp3) is 0.300. The van der Waals surface area contributed by atoms with E-state index in [4.69, 9.17) is 14.3 Å². The lowest BCUT2D eigenvalue weighted by atomic mass is 10.1. The molecule has 26 heavy (non-hydrogen) atoms. The van der Waals surface area contributed by atoms with Gasteiger partial charge in [0, 0.05) is 6.54 Å². The molecule has 0 aliphatic rings. The summed E-state index contributed by atoms with van der Waals surface area (Å²) in [5, 5.41) is 6.59. The zero-order valence-electron chi connectivity index (χ0n) is 15.3. The number of benzene rings is 2. The minimum Gasteiger partial charge on any atom is -0.493 e. The highest BCUT2D eigenvalue weighted by Gasteiger charge is 2.06. The third-order valence-corrected chi connectivity index (χ3v) is 3.80. The summed E-state index contributed by atoms with van der Waals surface area (Å²) < 4.78 is 10.4. The van der Waals surface area contributed by atoms with Crippen LogP contribution in [0.25, 0.3) is 0 Å². The number of hydrogen-bond acceptors (Lipinski definition) is 5. The number of hydrogen-bond donors (Lipinski definition) is 1. The number of carbonyl (C=O) groups excluding carboxylic acids is 1. The second-order valence-electron chi connectivity index (χ2n) is 5.57. The van der Waals surface area contributed by atoms with Gasteiger partial charge in [0.1, 0.15) is 0 Å². The molecule has 0 saturated heterocycles. The Morgan fingerprint density at radius 2 is 1.73 bits per heavy atom. The minimum absolute atomic E-state index is 0.142. The molecule has 2 aromatic rings. The van der Waals surface area contributed by atoms with Crippen molar-refractivity contribution >= 4 is 12.1 Å². The molecule has 138 valence electrons. The standard InChI is InChI=1S/C20H24N2O4/c1-4-15-5-7-16(8-6-15)13-22-26-14-20(23)21-12-17-9-10-18(24-2)19(11-17)25-3/h5-11,13H,4,12,14H2,1-3H3,(H,21,23)/b22-13-. The van der Waals surface area contributed by atoms with Crippen molar-refractivity contribution in [1.29, 1.82) is 0 Å². The van der Waals surface area contributed by atoms with E-state index >= 15 is 0 Å². The van der Waals surface area contributed by atoms with E-state index in [2.05, 4.69) is 17.4 Å². The lowest BCUT2D eigenvalue weighted by Gasteiger charge is -2.10. The predicted molar refractivity (Wildman–Crippen MR) is 101 cm³/mol. The van der Waals surface area contributed by atoms with Crippen molar-refractivity contribution in [2.75, 3.05) is 20.8 Å². The summed E-state index contributed by atoms with van der Waals surface area (Å²) in [5.74, 6) is 1.01. The van der Waals surface area contributed by atoms with Crippen molar-refractivity contribution < 1.29 is 19.1 Å². The number of oxime groups is 1. The van der Waals surface area contributed by atoms with E-state index in [1.807, 2.05) is 36.4 Å². The molecular formula is C20H24N2O4. The SMILES string of the molecule is CCc1ccc(/C=N\OCC(=O)NCc2ccc(OC)c(OC)c2)cc1. The lowest BCUT2D eigenvalue weighted by Crippen LogP contribution is -2.26. The molecule has 0 saturated carbocycles. The molecule has 1 N–H and O–H groups in total. The van der Waals surface area contributed by atoms with Gasteiger partial charge in [-0.3, -0.25) is 4.79 Å². The Balaban J connectivity index is 1.75. The maximum absolute atomic E-state index is 11.8. The summed E-state index contributed by atoms with van der Waals surface area (Å²) in [7, 11) is 3.15. The number of rotatable bonds is 9. The zero-order chi connectivity index (χ0) is 18.8. The van der Waals surface area contributed by atoms with Crippen molar-refractivity contribution in [3.63, 3.8) is 0 Å². The molecule has 6 heteroatoms. The van der Waals surface area contributed by atoms with E-state index in [0.29, 0.717) is 18.0 Å². The molecule has 0 bridgehead atoms. The Kier molecular flexibility index (Phi) is 7.49. The minimum atomic E-state index is -0.252. The fourth-order valence-corrected chi connectivity index (χ4v) is 2.28. The molecule has 0 aromatic heterocycles. The molecular weight excluding hydrogens is 332 g/mol. The average molecular weight is 356 g/mol. The molecule has 2 rings (SSSR count). The van der Waals surface area contributed by atoms with E-state index in [1.165, 1.54) is 5.56 Å². The number of ether oxygens (including phenoxy) is 2. The van der Waals surface area contributed by atoms with Crippen LogP contribution in [0.3, 0.4) is 0 Å². The van der Waals surface area contributed by atoms with Crippen LogP contribution in [0, 0.1) is 0 Å². The van der Waals surface area contributed by atoms with Gasteiger partial charge >= 0.3 is 0 Å². The maximum Gasteiger partial charge on any atom is 0.261 e. The number of nitrogens with zero attached hydrogens (tertiary/aromatic N) is 1. The van der Waals surface area contributed by atoms with E-state index in [1.54, 1.807) is 26.5 Å². The quantitative estimate of drug-likeness (QED) is 0.554. The van der Waals surface area contributed by atoms with Crippen molar-refractivity contribution in [3.05, 3.63) is 59.2 Å². The second kappa shape index (κ2) is 10.1. The van der Waals surface area contributed by atoms with Gasteiger partial charge in [0.2, 0.25) is 0 Å². The van der Waals surface area contributed by atoms with Crippen LogP contribution in [0.5, 0.6) is 11.5 Å². The van der Waals surface area contributed by atoms with Crippen LogP contribution < -0.4 is 14.8 Å². The highest BCUT2D eigenvalue weighted by molar-refractivity contribution is 5.79. The van der Waals surface area contributed by atoms with Gasteiger partial charge in [-0.15, -0.1) is 0 Å². The first-order valence-electron chi connectivity index (χ1n) is 8.38. The van der Waals surface area contributed by atoms with Crippen LogP contribution in [0.2, 0.25) is 0 Å². The van der Waals surface area contributed by atoms with Gasteiger partial charge in [-0.25, -0.2) is 0 Å². The van der Waals surface area contributed by atoms with Gasteiger partial charge in [-0.1, -0.05) is 42.4 Å². The van der Waals surface area contributed by atoms with Gasteiger partial charge in [0.25, 0.3) is 5.91 Å². The molecule has 0 heterocycles. The summed E-state index contributed by atoms with van der Waals surface area (Å²) in [6.45, 7) is 2.33.